The molecule has 0 aliphatic carbocycles. The summed E-state index contributed by atoms with van der Waals surface area (Å²) in [4.78, 5) is 24.3. The molecule has 0 radical (unpaired) electrons. The van der Waals surface area contributed by atoms with Crippen molar-refractivity contribution in [2.45, 2.75) is 32.2 Å². The standard InChI is InChI=1S/C22H27NO6/c1-4-29-17-11-15(12-18(23)22(25)26)21(20(13-17)28-3)19(24)10-7-14-5-8-16(27-2)9-6-14/h5-6,8-9,11,13,18H,4,7,10,12,23H2,1-3H3,(H,25,26)/t18-/m0/s1. The Morgan fingerprint density at radius 2 is 1.76 bits per heavy atom. The van der Waals surface area contributed by atoms with Crippen LogP contribution in [-0.2, 0) is 17.6 Å². The lowest BCUT2D eigenvalue weighted by atomic mass is 9.93. The van der Waals surface area contributed by atoms with Crippen molar-refractivity contribution in [2.75, 3.05) is 20.8 Å². The summed E-state index contributed by atoms with van der Waals surface area (Å²) in [6.45, 7) is 2.27. The van der Waals surface area contributed by atoms with E-state index in [9.17, 15) is 14.7 Å². The molecule has 0 heterocycles. The lowest BCUT2D eigenvalue weighted by Crippen LogP contribution is -2.33. The summed E-state index contributed by atoms with van der Waals surface area (Å²) in [6.07, 6.45) is 0.770. The predicted molar refractivity (Wildman–Crippen MR) is 109 cm³/mol. The van der Waals surface area contributed by atoms with E-state index in [1.807, 2.05) is 31.2 Å². The largest absolute Gasteiger partial charge is 0.497 e. The fraction of sp³-hybridized carbons (Fsp3) is 0.364. The van der Waals surface area contributed by atoms with Crippen LogP contribution in [0.3, 0.4) is 0 Å². The molecule has 1 atom stereocenters. The second kappa shape index (κ2) is 10.5. The van der Waals surface area contributed by atoms with Gasteiger partial charge in [0.1, 0.15) is 23.3 Å². The van der Waals surface area contributed by atoms with E-state index in [1.54, 1.807) is 19.2 Å². The van der Waals surface area contributed by atoms with Gasteiger partial charge in [-0.15, -0.1) is 0 Å². The van der Waals surface area contributed by atoms with Crippen LogP contribution in [0.15, 0.2) is 36.4 Å². The summed E-state index contributed by atoms with van der Waals surface area (Å²) in [5.74, 6) is 0.320. The molecule has 2 rings (SSSR count). The molecule has 3 N–H and O–H groups in total. The fourth-order valence-electron chi connectivity index (χ4n) is 3.03. The molecule has 156 valence electrons. The van der Waals surface area contributed by atoms with E-state index >= 15 is 0 Å². The van der Waals surface area contributed by atoms with Crippen molar-refractivity contribution in [3.8, 4) is 17.2 Å². The number of nitrogens with two attached hydrogens (primary N) is 1. The van der Waals surface area contributed by atoms with Crippen LogP contribution < -0.4 is 19.9 Å². The minimum absolute atomic E-state index is 0.00375. The van der Waals surface area contributed by atoms with Crippen LogP contribution in [0.5, 0.6) is 17.2 Å². The maximum atomic E-state index is 13.0. The molecular weight excluding hydrogens is 374 g/mol. The third-order valence-electron chi connectivity index (χ3n) is 4.52. The number of carbonyl (C=O) groups is 2. The average molecular weight is 401 g/mol. The molecule has 29 heavy (non-hydrogen) atoms. The van der Waals surface area contributed by atoms with Gasteiger partial charge in [0.05, 0.1) is 26.4 Å². The van der Waals surface area contributed by atoms with Gasteiger partial charge in [0.2, 0.25) is 0 Å². The highest BCUT2D eigenvalue weighted by Crippen LogP contribution is 2.31. The van der Waals surface area contributed by atoms with E-state index in [4.69, 9.17) is 19.9 Å². The maximum Gasteiger partial charge on any atom is 0.320 e. The van der Waals surface area contributed by atoms with Crippen molar-refractivity contribution in [1.29, 1.82) is 0 Å². The number of methoxy groups -OCH3 is 2. The summed E-state index contributed by atoms with van der Waals surface area (Å²) >= 11 is 0. The second-order valence-corrected chi connectivity index (χ2v) is 6.51. The number of ketones is 1. The molecule has 7 nitrogen and oxygen atoms in total. The van der Waals surface area contributed by atoms with Crippen molar-refractivity contribution in [3.63, 3.8) is 0 Å². The van der Waals surface area contributed by atoms with Gasteiger partial charge in [-0.25, -0.2) is 0 Å². The average Bonchev–Trinajstić information content (AvgIpc) is 2.72. The third-order valence-corrected chi connectivity index (χ3v) is 4.52. The number of aliphatic carboxylic acids is 1. The Kier molecular flexibility index (Phi) is 8.03. The summed E-state index contributed by atoms with van der Waals surface area (Å²) in [5, 5.41) is 9.18. The topological polar surface area (TPSA) is 108 Å². The molecule has 2 aromatic carbocycles. The Hall–Kier alpha value is -3.06. The van der Waals surface area contributed by atoms with Crippen LogP contribution in [-0.4, -0.2) is 43.7 Å². The van der Waals surface area contributed by atoms with E-state index in [-0.39, 0.29) is 18.6 Å². The van der Waals surface area contributed by atoms with Crippen LogP contribution in [0.1, 0.15) is 34.8 Å². The van der Waals surface area contributed by atoms with Gasteiger partial charge in [-0.2, -0.15) is 0 Å². The normalized spacial score (nSPS) is 11.6. The lowest BCUT2D eigenvalue weighted by Gasteiger charge is -2.17. The van der Waals surface area contributed by atoms with E-state index in [0.29, 0.717) is 35.7 Å². The molecule has 0 aliphatic rings. The van der Waals surface area contributed by atoms with Crippen molar-refractivity contribution in [3.05, 3.63) is 53.1 Å². The Morgan fingerprint density at radius 1 is 1.07 bits per heavy atom. The van der Waals surface area contributed by atoms with Crippen LogP contribution >= 0.6 is 0 Å². The first kappa shape index (κ1) is 22.2. The molecule has 2 aromatic rings. The number of carboxylic acid groups (broad SMARTS) is 1. The molecule has 0 fully saturated rings. The molecule has 0 amide bonds. The summed E-state index contributed by atoms with van der Waals surface area (Å²) in [7, 11) is 3.06. The Bertz CT molecular complexity index is 847. The molecule has 0 spiro atoms. The van der Waals surface area contributed by atoms with E-state index in [2.05, 4.69) is 0 Å². The zero-order valence-electron chi connectivity index (χ0n) is 16.9. The smallest absolute Gasteiger partial charge is 0.320 e. The van der Waals surface area contributed by atoms with Crippen LogP contribution in [0.25, 0.3) is 0 Å². The van der Waals surface area contributed by atoms with Crippen molar-refractivity contribution in [1.82, 2.24) is 0 Å². The van der Waals surface area contributed by atoms with Crippen LogP contribution in [0.4, 0.5) is 0 Å². The zero-order valence-corrected chi connectivity index (χ0v) is 16.9. The van der Waals surface area contributed by atoms with E-state index in [1.165, 1.54) is 7.11 Å². The van der Waals surface area contributed by atoms with Crippen molar-refractivity contribution < 1.29 is 28.9 Å². The molecule has 0 saturated carbocycles. The fourth-order valence-corrected chi connectivity index (χ4v) is 3.03. The first-order valence-electron chi connectivity index (χ1n) is 9.37. The number of benzene rings is 2. The second-order valence-electron chi connectivity index (χ2n) is 6.51. The molecule has 0 aromatic heterocycles. The highest BCUT2D eigenvalue weighted by Gasteiger charge is 2.23. The minimum atomic E-state index is -1.14. The van der Waals surface area contributed by atoms with Crippen LogP contribution in [0, 0.1) is 0 Å². The first-order valence-corrected chi connectivity index (χ1v) is 9.37. The first-order chi connectivity index (χ1) is 13.9. The SMILES string of the molecule is CCOc1cc(C[C@H](N)C(=O)O)c(C(=O)CCc2ccc(OC)cc2)c(OC)c1. The van der Waals surface area contributed by atoms with Crippen LogP contribution in [0.2, 0.25) is 0 Å². The van der Waals surface area contributed by atoms with Gasteiger partial charge in [-0.1, -0.05) is 12.1 Å². The Balaban J connectivity index is 2.30. The quantitative estimate of drug-likeness (QED) is 0.557. The number of hydrogen-bond donors (Lipinski definition) is 2. The maximum absolute atomic E-state index is 13.0. The summed E-state index contributed by atoms with van der Waals surface area (Å²) in [5.41, 5.74) is 7.57. The van der Waals surface area contributed by atoms with Gasteiger partial charge >= 0.3 is 5.97 Å². The number of carboxylic acids is 1. The number of rotatable bonds is 11. The highest BCUT2D eigenvalue weighted by molar-refractivity contribution is 6.00. The van der Waals surface area contributed by atoms with Gasteiger partial charge in [0.25, 0.3) is 0 Å². The van der Waals surface area contributed by atoms with Gasteiger partial charge in [-0.05, 0) is 49.1 Å². The number of hydrogen-bond acceptors (Lipinski definition) is 6. The molecule has 0 aliphatic heterocycles. The monoisotopic (exact) mass is 401 g/mol. The van der Waals surface area contributed by atoms with Gasteiger partial charge in [0.15, 0.2) is 5.78 Å². The number of carbonyl (C=O) groups excluding carboxylic acids is 1. The summed E-state index contributed by atoms with van der Waals surface area (Å²) < 4.78 is 16.1. The molecule has 0 unspecified atom stereocenters. The number of aryl methyl sites for hydroxylation is 1. The zero-order chi connectivity index (χ0) is 21.4. The molecular formula is C22H27NO6. The number of Topliss-reactive ketones (excluding diaryl/α,β-unsaturated/α-hetero) is 1. The van der Waals surface area contributed by atoms with E-state index < -0.39 is 12.0 Å². The molecule has 7 heteroatoms. The van der Waals surface area contributed by atoms with Crippen molar-refractivity contribution in [2.24, 2.45) is 5.73 Å². The highest BCUT2D eigenvalue weighted by atomic mass is 16.5. The van der Waals surface area contributed by atoms with Crippen molar-refractivity contribution >= 4 is 11.8 Å². The van der Waals surface area contributed by atoms with E-state index in [0.717, 1.165) is 11.3 Å². The summed E-state index contributed by atoms with van der Waals surface area (Å²) in [6, 6.07) is 9.66. The molecule has 0 saturated heterocycles. The Labute approximate surface area is 170 Å². The number of ether oxygens (including phenoxy) is 3. The predicted octanol–water partition coefficient (Wildman–Crippen LogP) is 2.87. The minimum Gasteiger partial charge on any atom is -0.497 e. The van der Waals surface area contributed by atoms with Gasteiger partial charge in [0, 0.05) is 12.5 Å². The third kappa shape index (κ3) is 5.96. The van der Waals surface area contributed by atoms with Gasteiger partial charge < -0.3 is 25.1 Å². The molecule has 0 bridgehead atoms. The van der Waals surface area contributed by atoms with Gasteiger partial charge in [-0.3, -0.25) is 9.59 Å². The lowest BCUT2D eigenvalue weighted by molar-refractivity contribution is -0.138. The Morgan fingerprint density at radius 3 is 2.31 bits per heavy atom.